The molecule has 1 atom stereocenters. The molecule has 1 aliphatic heterocycles. The number of likely N-dealkylation sites (tertiary alicyclic amines) is 1. The van der Waals surface area contributed by atoms with Gasteiger partial charge in [0.2, 0.25) is 0 Å². The van der Waals surface area contributed by atoms with Crippen LogP contribution in [0.25, 0.3) is 0 Å². The summed E-state index contributed by atoms with van der Waals surface area (Å²) >= 11 is 5.99. The van der Waals surface area contributed by atoms with E-state index in [9.17, 15) is 4.79 Å². The van der Waals surface area contributed by atoms with E-state index in [2.05, 4.69) is 5.32 Å². The van der Waals surface area contributed by atoms with Gasteiger partial charge in [0.1, 0.15) is 5.75 Å². The molecule has 23 heavy (non-hydrogen) atoms. The maximum atomic E-state index is 12.5. The molecule has 6 heteroatoms. The highest BCUT2D eigenvalue weighted by Crippen LogP contribution is 2.24. The van der Waals surface area contributed by atoms with Gasteiger partial charge in [-0.05, 0) is 44.7 Å². The first-order valence-corrected chi connectivity index (χ1v) is 8.60. The zero-order valence-corrected chi connectivity index (χ0v) is 14.3. The van der Waals surface area contributed by atoms with Crippen molar-refractivity contribution >= 4 is 17.6 Å². The third kappa shape index (κ3) is 5.01. The molecule has 1 saturated heterocycles. The van der Waals surface area contributed by atoms with E-state index in [1.807, 2.05) is 17.9 Å². The maximum absolute atomic E-state index is 12.5. The Morgan fingerprint density at radius 2 is 2.30 bits per heavy atom. The van der Waals surface area contributed by atoms with Crippen LogP contribution in [0.5, 0.6) is 5.75 Å². The predicted molar refractivity (Wildman–Crippen MR) is 90.9 cm³/mol. The van der Waals surface area contributed by atoms with E-state index in [1.165, 1.54) is 0 Å². The molecule has 1 heterocycles. The number of hydrogen-bond donors (Lipinski definition) is 2. The van der Waals surface area contributed by atoms with E-state index in [-0.39, 0.29) is 18.7 Å². The normalized spacial score (nSPS) is 17.9. The highest BCUT2D eigenvalue weighted by Gasteiger charge is 2.26. The highest BCUT2D eigenvalue weighted by molar-refractivity contribution is 6.30. The van der Waals surface area contributed by atoms with Gasteiger partial charge < -0.3 is 20.1 Å². The van der Waals surface area contributed by atoms with Gasteiger partial charge in [0, 0.05) is 36.3 Å². The van der Waals surface area contributed by atoms with Crippen LogP contribution in [0.1, 0.15) is 38.2 Å². The van der Waals surface area contributed by atoms with Gasteiger partial charge in [-0.25, -0.2) is 4.79 Å². The van der Waals surface area contributed by atoms with Crippen molar-refractivity contribution in [2.45, 2.75) is 45.2 Å². The molecular weight excluding hydrogens is 316 g/mol. The van der Waals surface area contributed by atoms with Crippen LogP contribution in [-0.2, 0) is 6.54 Å². The number of rotatable bonds is 6. The summed E-state index contributed by atoms with van der Waals surface area (Å²) in [6.07, 6.45) is 3.72. The van der Waals surface area contributed by atoms with Gasteiger partial charge in [0.05, 0.1) is 6.61 Å². The molecule has 0 bridgehead atoms. The van der Waals surface area contributed by atoms with Crippen molar-refractivity contribution in [2.24, 2.45) is 0 Å². The predicted octanol–water partition coefficient (Wildman–Crippen LogP) is 3.19. The number of nitrogens with zero attached hydrogens (tertiary/aromatic N) is 1. The lowest BCUT2D eigenvalue weighted by Crippen LogP contribution is -2.48. The lowest BCUT2D eigenvalue weighted by Gasteiger charge is -2.35. The van der Waals surface area contributed by atoms with Crippen LogP contribution in [0.4, 0.5) is 4.79 Å². The number of aliphatic hydroxyl groups excluding tert-OH is 1. The number of amides is 2. The maximum Gasteiger partial charge on any atom is 0.317 e. The molecule has 5 nitrogen and oxygen atoms in total. The molecule has 1 unspecified atom stereocenters. The number of urea groups is 1. The topological polar surface area (TPSA) is 61.8 Å². The minimum Gasteiger partial charge on any atom is -0.493 e. The Morgan fingerprint density at radius 3 is 3.04 bits per heavy atom. The number of piperidine rings is 1. The number of benzene rings is 1. The van der Waals surface area contributed by atoms with Gasteiger partial charge >= 0.3 is 6.03 Å². The van der Waals surface area contributed by atoms with Crippen molar-refractivity contribution in [2.75, 3.05) is 19.8 Å². The molecule has 0 saturated carbocycles. The number of carbonyl (C=O) groups excluding carboxylic acids is 1. The largest absolute Gasteiger partial charge is 0.493 e. The van der Waals surface area contributed by atoms with Crippen LogP contribution in [0.2, 0.25) is 5.02 Å². The molecular formula is C17H25ClN2O3. The van der Waals surface area contributed by atoms with Crippen LogP contribution in [0, 0.1) is 0 Å². The summed E-state index contributed by atoms with van der Waals surface area (Å²) in [6, 6.07) is 5.48. The van der Waals surface area contributed by atoms with Crippen LogP contribution in [0.15, 0.2) is 18.2 Å². The molecule has 1 fully saturated rings. The van der Waals surface area contributed by atoms with E-state index in [1.54, 1.807) is 12.1 Å². The molecule has 1 aromatic carbocycles. The quantitative estimate of drug-likeness (QED) is 0.836. The molecule has 1 aromatic rings. The van der Waals surface area contributed by atoms with Crippen LogP contribution in [0.3, 0.4) is 0 Å². The Hall–Kier alpha value is -1.46. The summed E-state index contributed by atoms with van der Waals surface area (Å²) in [7, 11) is 0. The monoisotopic (exact) mass is 340 g/mol. The van der Waals surface area contributed by atoms with E-state index in [0.717, 1.165) is 31.4 Å². The van der Waals surface area contributed by atoms with Gasteiger partial charge in [0.15, 0.2) is 0 Å². The van der Waals surface area contributed by atoms with Gasteiger partial charge in [-0.15, -0.1) is 0 Å². The minimum absolute atomic E-state index is 0.0828. The number of carbonyl (C=O) groups is 1. The second-order valence-corrected chi connectivity index (χ2v) is 6.14. The lowest BCUT2D eigenvalue weighted by molar-refractivity contribution is 0.131. The average molecular weight is 341 g/mol. The van der Waals surface area contributed by atoms with Gasteiger partial charge in [-0.2, -0.15) is 0 Å². The highest BCUT2D eigenvalue weighted by atomic mass is 35.5. The summed E-state index contributed by atoms with van der Waals surface area (Å²) < 4.78 is 5.57. The molecule has 0 radical (unpaired) electrons. The van der Waals surface area contributed by atoms with Crippen molar-refractivity contribution in [3.8, 4) is 5.75 Å². The van der Waals surface area contributed by atoms with Crippen molar-refractivity contribution in [3.63, 3.8) is 0 Å². The fourth-order valence-electron chi connectivity index (χ4n) is 2.95. The molecule has 2 rings (SSSR count). The first-order valence-electron chi connectivity index (χ1n) is 8.22. The van der Waals surface area contributed by atoms with Crippen molar-refractivity contribution in [1.82, 2.24) is 10.2 Å². The Bertz CT molecular complexity index is 523. The van der Waals surface area contributed by atoms with E-state index >= 15 is 0 Å². The SMILES string of the molecule is CCOc1cc(Cl)ccc1CNC(=O)N1CCCCC1CCO. The zero-order valence-electron chi connectivity index (χ0n) is 13.6. The Morgan fingerprint density at radius 1 is 1.48 bits per heavy atom. The molecule has 1 aliphatic rings. The number of aliphatic hydroxyl groups is 1. The fraction of sp³-hybridized carbons (Fsp3) is 0.588. The van der Waals surface area contributed by atoms with Crippen LogP contribution >= 0.6 is 11.6 Å². The smallest absolute Gasteiger partial charge is 0.317 e. The first-order chi connectivity index (χ1) is 11.2. The van der Waals surface area contributed by atoms with Crippen molar-refractivity contribution < 1.29 is 14.6 Å². The van der Waals surface area contributed by atoms with Gasteiger partial charge in [-0.1, -0.05) is 17.7 Å². The minimum atomic E-state index is -0.0828. The Labute approximate surface area is 142 Å². The van der Waals surface area contributed by atoms with Gasteiger partial charge in [0.25, 0.3) is 0 Å². The number of nitrogens with one attached hydrogen (secondary N) is 1. The van der Waals surface area contributed by atoms with E-state index in [4.69, 9.17) is 21.4 Å². The molecule has 0 aliphatic carbocycles. The second-order valence-electron chi connectivity index (χ2n) is 5.70. The third-order valence-electron chi connectivity index (χ3n) is 4.11. The summed E-state index contributed by atoms with van der Waals surface area (Å²) in [5.74, 6) is 0.700. The number of ether oxygens (including phenoxy) is 1. The Balaban J connectivity index is 1.98. The molecule has 2 amide bonds. The zero-order chi connectivity index (χ0) is 16.7. The summed E-state index contributed by atoms with van der Waals surface area (Å²) in [5.41, 5.74) is 0.903. The molecule has 0 spiro atoms. The number of hydrogen-bond acceptors (Lipinski definition) is 3. The molecule has 0 aromatic heterocycles. The second kappa shape index (κ2) is 8.99. The Kier molecular flexibility index (Phi) is 6.99. The van der Waals surface area contributed by atoms with Crippen molar-refractivity contribution in [1.29, 1.82) is 0 Å². The lowest BCUT2D eigenvalue weighted by atomic mass is 10.0. The van der Waals surface area contributed by atoms with Gasteiger partial charge in [-0.3, -0.25) is 0 Å². The summed E-state index contributed by atoms with van der Waals surface area (Å²) in [5, 5.41) is 12.7. The summed E-state index contributed by atoms with van der Waals surface area (Å²) in [6.45, 7) is 3.71. The standard InChI is InChI=1S/C17H25ClN2O3/c1-2-23-16-11-14(18)7-6-13(16)12-19-17(22)20-9-4-3-5-15(20)8-10-21/h6-7,11,15,21H,2-5,8-10,12H2,1H3,(H,19,22). The first kappa shape index (κ1) is 17.9. The molecule has 128 valence electrons. The average Bonchev–Trinajstić information content (AvgIpc) is 2.55. The van der Waals surface area contributed by atoms with Crippen LogP contribution < -0.4 is 10.1 Å². The van der Waals surface area contributed by atoms with Crippen molar-refractivity contribution in [3.05, 3.63) is 28.8 Å². The fourth-order valence-corrected chi connectivity index (χ4v) is 3.12. The van der Waals surface area contributed by atoms with Crippen LogP contribution in [-0.4, -0.2) is 41.8 Å². The van der Waals surface area contributed by atoms with E-state index in [0.29, 0.717) is 30.3 Å². The van der Waals surface area contributed by atoms with E-state index < -0.39 is 0 Å². The molecule has 2 N–H and O–H groups in total. The third-order valence-corrected chi connectivity index (χ3v) is 4.34. The summed E-state index contributed by atoms with van der Waals surface area (Å²) in [4.78, 5) is 14.3. The number of halogens is 1.